The van der Waals surface area contributed by atoms with Gasteiger partial charge in [0, 0.05) is 24.7 Å². The van der Waals surface area contributed by atoms with Crippen molar-refractivity contribution in [3.05, 3.63) is 29.3 Å². The fourth-order valence-corrected chi connectivity index (χ4v) is 3.11. The van der Waals surface area contributed by atoms with E-state index in [4.69, 9.17) is 0 Å². The molecular weight excluding hydrogens is 264 g/mol. The zero-order chi connectivity index (χ0) is 15.4. The van der Waals surface area contributed by atoms with Crippen LogP contribution >= 0.6 is 0 Å². The Balaban J connectivity index is 1.98. The Morgan fingerprint density at radius 3 is 2.57 bits per heavy atom. The van der Waals surface area contributed by atoms with Crippen LogP contribution in [0.4, 0.5) is 0 Å². The molecule has 4 nitrogen and oxygen atoms in total. The molecule has 2 N–H and O–H groups in total. The molecule has 2 rings (SSSR count). The number of aryl methyl sites for hydroxylation is 1. The Bertz CT molecular complexity index is 494. The SMILES string of the molecule is CCNC1CCC(N(C)C(=O)c2ccc(O)c(C)c2)CC1. The lowest BCUT2D eigenvalue weighted by molar-refractivity contribution is 0.0684. The fourth-order valence-electron chi connectivity index (χ4n) is 3.11. The highest BCUT2D eigenvalue weighted by Crippen LogP contribution is 2.24. The molecule has 1 amide bonds. The van der Waals surface area contributed by atoms with E-state index >= 15 is 0 Å². The number of phenols is 1. The summed E-state index contributed by atoms with van der Waals surface area (Å²) in [5, 5.41) is 13.0. The van der Waals surface area contributed by atoms with Crippen LogP contribution in [0.1, 0.15) is 48.5 Å². The number of rotatable bonds is 4. The minimum Gasteiger partial charge on any atom is -0.508 e. The first-order valence-electron chi connectivity index (χ1n) is 7.83. The van der Waals surface area contributed by atoms with Gasteiger partial charge in [-0.05, 0) is 62.9 Å². The molecule has 0 heterocycles. The number of benzene rings is 1. The van der Waals surface area contributed by atoms with Crippen molar-refractivity contribution in [3.8, 4) is 5.75 Å². The van der Waals surface area contributed by atoms with Crippen LogP contribution in [0.5, 0.6) is 5.75 Å². The van der Waals surface area contributed by atoms with E-state index in [1.807, 2.05) is 18.9 Å². The third-order valence-corrected chi connectivity index (χ3v) is 4.50. The number of hydrogen-bond donors (Lipinski definition) is 2. The van der Waals surface area contributed by atoms with Crippen molar-refractivity contribution in [2.45, 2.75) is 51.6 Å². The van der Waals surface area contributed by atoms with E-state index in [1.165, 1.54) is 0 Å². The molecule has 21 heavy (non-hydrogen) atoms. The highest BCUT2D eigenvalue weighted by atomic mass is 16.3. The summed E-state index contributed by atoms with van der Waals surface area (Å²) in [6.07, 6.45) is 4.36. The second-order valence-electron chi connectivity index (χ2n) is 5.98. The Kier molecular flexibility index (Phi) is 5.23. The molecule has 0 saturated heterocycles. The Morgan fingerprint density at radius 2 is 2.00 bits per heavy atom. The van der Waals surface area contributed by atoms with Crippen molar-refractivity contribution in [3.63, 3.8) is 0 Å². The van der Waals surface area contributed by atoms with Gasteiger partial charge in [0.2, 0.25) is 0 Å². The predicted octanol–water partition coefficient (Wildman–Crippen LogP) is 2.69. The van der Waals surface area contributed by atoms with Crippen LogP contribution < -0.4 is 5.32 Å². The van der Waals surface area contributed by atoms with Gasteiger partial charge in [-0.1, -0.05) is 6.92 Å². The first kappa shape index (κ1) is 15.8. The standard InChI is InChI=1S/C17H26N2O2/c1-4-18-14-6-8-15(9-7-14)19(3)17(21)13-5-10-16(20)12(2)11-13/h5,10-11,14-15,18,20H,4,6-9H2,1-3H3. The van der Waals surface area contributed by atoms with Crippen molar-refractivity contribution in [1.82, 2.24) is 10.2 Å². The van der Waals surface area contributed by atoms with E-state index in [2.05, 4.69) is 12.2 Å². The molecule has 0 radical (unpaired) electrons. The van der Waals surface area contributed by atoms with Crippen molar-refractivity contribution < 1.29 is 9.90 Å². The summed E-state index contributed by atoms with van der Waals surface area (Å²) < 4.78 is 0. The number of phenolic OH excluding ortho intramolecular Hbond substituents is 1. The summed E-state index contributed by atoms with van der Waals surface area (Å²) in [5.41, 5.74) is 1.40. The lowest BCUT2D eigenvalue weighted by atomic mass is 9.90. The maximum Gasteiger partial charge on any atom is 0.253 e. The number of nitrogens with one attached hydrogen (secondary N) is 1. The first-order valence-corrected chi connectivity index (χ1v) is 7.83. The summed E-state index contributed by atoms with van der Waals surface area (Å²) in [4.78, 5) is 14.4. The summed E-state index contributed by atoms with van der Waals surface area (Å²) in [5.74, 6) is 0.283. The van der Waals surface area contributed by atoms with Crippen LogP contribution in [0.3, 0.4) is 0 Å². The lowest BCUT2D eigenvalue weighted by Gasteiger charge is -2.35. The first-order chi connectivity index (χ1) is 10.0. The summed E-state index contributed by atoms with van der Waals surface area (Å²) in [7, 11) is 1.89. The van der Waals surface area contributed by atoms with Crippen LogP contribution in [0.25, 0.3) is 0 Å². The Morgan fingerprint density at radius 1 is 1.33 bits per heavy atom. The summed E-state index contributed by atoms with van der Waals surface area (Å²) in [6, 6.07) is 5.98. The van der Waals surface area contributed by atoms with Crippen LogP contribution in [-0.4, -0.2) is 41.6 Å². The minimum absolute atomic E-state index is 0.0463. The molecule has 0 bridgehead atoms. The smallest absolute Gasteiger partial charge is 0.253 e. The average Bonchev–Trinajstić information content (AvgIpc) is 2.50. The number of aromatic hydroxyl groups is 1. The van der Waals surface area contributed by atoms with E-state index in [0.29, 0.717) is 17.6 Å². The topological polar surface area (TPSA) is 52.6 Å². The molecule has 4 heteroatoms. The van der Waals surface area contributed by atoms with Crippen LogP contribution in [-0.2, 0) is 0 Å². The van der Waals surface area contributed by atoms with Gasteiger partial charge in [0.25, 0.3) is 5.91 Å². The van der Waals surface area contributed by atoms with E-state index in [9.17, 15) is 9.90 Å². The molecule has 1 saturated carbocycles. The molecule has 1 aromatic carbocycles. The third kappa shape index (κ3) is 3.76. The molecular formula is C17H26N2O2. The van der Waals surface area contributed by atoms with Crippen LogP contribution in [0.2, 0.25) is 0 Å². The van der Waals surface area contributed by atoms with Gasteiger partial charge < -0.3 is 15.3 Å². The van der Waals surface area contributed by atoms with E-state index in [1.54, 1.807) is 18.2 Å². The van der Waals surface area contributed by atoms with Crippen LogP contribution in [0, 0.1) is 6.92 Å². The number of carbonyl (C=O) groups excluding carboxylic acids is 1. The van der Waals surface area contributed by atoms with Gasteiger partial charge in [-0.25, -0.2) is 0 Å². The van der Waals surface area contributed by atoms with Gasteiger partial charge in [-0.15, -0.1) is 0 Å². The number of amides is 1. The largest absolute Gasteiger partial charge is 0.508 e. The highest BCUT2D eigenvalue weighted by molar-refractivity contribution is 5.94. The number of carbonyl (C=O) groups is 1. The molecule has 0 aromatic heterocycles. The normalized spacial score (nSPS) is 22.0. The molecule has 0 unspecified atom stereocenters. The quantitative estimate of drug-likeness (QED) is 0.896. The zero-order valence-electron chi connectivity index (χ0n) is 13.2. The van der Waals surface area contributed by atoms with Gasteiger partial charge in [0.1, 0.15) is 5.75 Å². The van der Waals surface area contributed by atoms with E-state index in [0.717, 1.165) is 37.8 Å². The van der Waals surface area contributed by atoms with Crippen molar-refractivity contribution in [1.29, 1.82) is 0 Å². The minimum atomic E-state index is 0.0463. The summed E-state index contributed by atoms with van der Waals surface area (Å²) in [6.45, 7) is 4.96. The molecule has 1 fully saturated rings. The van der Waals surface area contributed by atoms with Gasteiger partial charge in [-0.2, -0.15) is 0 Å². The highest BCUT2D eigenvalue weighted by Gasteiger charge is 2.26. The molecule has 0 atom stereocenters. The number of nitrogens with zero attached hydrogens (tertiary/aromatic N) is 1. The molecule has 1 aliphatic carbocycles. The van der Waals surface area contributed by atoms with E-state index in [-0.39, 0.29) is 11.7 Å². The lowest BCUT2D eigenvalue weighted by Crippen LogP contribution is -2.43. The van der Waals surface area contributed by atoms with E-state index < -0.39 is 0 Å². The Hall–Kier alpha value is -1.55. The van der Waals surface area contributed by atoms with Gasteiger partial charge >= 0.3 is 0 Å². The van der Waals surface area contributed by atoms with Gasteiger partial charge in [0.15, 0.2) is 0 Å². The molecule has 116 valence electrons. The molecule has 1 aromatic rings. The maximum atomic E-state index is 12.5. The van der Waals surface area contributed by atoms with Crippen molar-refractivity contribution in [2.24, 2.45) is 0 Å². The monoisotopic (exact) mass is 290 g/mol. The van der Waals surface area contributed by atoms with Gasteiger partial charge in [-0.3, -0.25) is 4.79 Å². The second-order valence-corrected chi connectivity index (χ2v) is 5.98. The van der Waals surface area contributed by atoms with Gasteiger partial charge in [0.05, 0.1) is 0 Å². The van der Waals surface area contributed by atoms with Crippen LogP contribution in [0.15, 0.2) is 18.2 Å². The fraction of sp³-hybridized carbons (Fsp3) is 0.588. The second kappa shape index (κ2) is 6.94. The summed E-state index contributed by atoms with van der Waals surface area (Å²) >= 11 is 0. The maximum absolute atomic E-state index is 12.5. The van der Waals surface area contributed by atoms with Crippen molar-refractivity contribution in [2.75, 3.05) is 13.6 Å². The average molecular weight is 290 g/mol. The number of hydrogen-bond acceptors (Lipinski definition) is 3. The molecule has 0 aliphatic heterocycles. The Labute approximate surface area is 127 Å². The third-order valence-electron chi connectivity index (χ3n) is 4.50. The molecule has 1 aliphatic rings. The predicted molar refractivity (Wildman–Crippen MR) is 84.7 cm³/mol. The van der Waals surface area contributed by atoms with Crippen molar-refractivity contribution >= 4 is 5.91 Å². The molecule has 0 spiro atoms. The zero-order valence-corrected chi connectivity index (χ0v) is 13.2.